The van der Waals surface area contributed by atoms with Gasteiger partial charge in [-0.05, 0) is 29.8 Å². The molecule has 0 aliphatic rings. The third-order valence-electron chi connectivity index (χ3n) is 3.38. The van der Waals surface area contributed by atoms with Crippen LogP contribution in [-0.2, 0) is 10.0 Å². The van der Waals surface area contributed by atoms with Gasteiger partial charge in [-0.15, -0.1) is 11.3 Å². The lowest BCUT2D eigenvalue weighted by Gasteiger charge is -2.12. The monoisotopic (exact) mass is 383 g/mol. The van der Waals surface area contributed by atoms with Crippen molar-refractivity contribution in [3.05, 3.63) is 64.7 Å². The van der Waals surface area contributed by atoms with Crippen LogP contribution in [0.15, 0.2) is 63.4 Å². The molecular formula is C16H14ClNO4S2. The number of furan rings is 1. The second-order valence-corrected chi connectivity index (χ2v) is 8.73. The van der Waals surface area contributed by atoms with Crippen LogP contribution in [0.2, 0.25) is 4.34 Å². The minimum absolute atomic E-state index is 0.118. The maximum Gasteiger partial charge on any atom is 0.250 e. The Balaban J connectivity index is 1.65. The number of aliphatic hydroxyl groups is 1. The molecule has 126 valence electrons. The predicted octanol–water partition coefficient (Wildman–Crippen LogP) is 3.67. The fourth-order valence-electron chi connectivity index (χ4n) is 2.13. The van der Waals surface area contributed by atoms with Gasteiger partial charge in [-0.2, -0.15) is 0 Å². The SMILES string of the molecule is O=S(=O)(NCC(O)c1ccc(-c2ccco2)cc1)c1ccc(Cl)s1. The molecule has 0 fully saturated rings. The summed E-state index contributed by atoms with van der Waals surface area (Å²) in [4.78, 5) is 0. The summed E-state index contributed by atoms with van der Waals surface area (Å²) in [6, 6.07) is 13.7. The second-order valence-electron chi connectivity index (χ2n) is 5.03. The quantitative estimate of drug-likeness (QED) is 0.680. The lowest BCUT2D eigenvalue weighted by atomic mass is 10.1. The molecule has 2 heterocycles. The molecule has 1 unspecified atom stereocenters. The van der Waals surface area contributed by atoms with Gasteiger partial charge in [0.1, 0.15) is 9.97 Å². The highest BCUT2D eigenvalue weighted by Gasteiger charge is 2.18. The van der Waals surface area contributed by atoms with Crippen molar-refractivity contribution in [3.8, 4) is 11.3 Å². The Morgan fingerprint density at radius 3 is 2.50 bits per heavy atom. The Hall–Kier alpha value is -1.64. The first kappa shape index (κ1) is 17.2. The third-order valence-corrected chi connectivity index (χ3v) is 6.53. The number of halogens is 1. The molecule has 0 aliphatic carbocycles. The van der Waals surface area contributed by atoms with E-state index in [1.807, 2.05) is 18.2 Å². The van der Waals surface area contributed by atoms with E-state index in [0.717, 1.165) is 22.7 Å². The molecule has 8 heteroatoms. The highest BCUT2D eigenvalue weighted by Crippen LogP contribution is 2.26. The van der Waals surface area contributed by atoms with E-state index in [1.54, 1.807) is 24.5 Å². The fraction of sp³-hybridized carbons (Fsp3) is 0.125. The molecule has 0 saturated carbocycles. The van der Waals surface area contributed by atoms with Crippen LogP contribution in [-0.4, -0.2) is 20.1 Å². The van der Waals surface area contributed by atoms with Crippen LogP contribution in [0.25, 0.3) is 11.3 Å². The lowest BCUT2D eigenvalue weighted by molar-refractivity contribution is 0.182. The van der Waals surface area contributed by atoms with Crippen LogP contribution < -0.4 is 4.72 Å². The number of rotatable bonds is 6. The van der Waals surface area contributed by atoms with Gasteiger partial charge < -0.3 is 9.52 Å². The molecule has 1 aromatic carbocycles. The molecular weight excluding hydrogens is 370 g/mol. The molecule has 24 heavy (non-hydrogen) atoms. The van der Waals surface area contributed by atoms with E-state index in [9.17, 15) is 13.5 Å². The average molecular weight is 384 g/mol. The van der Waals surface area contributed by atoms with Gasteiger partial charge in [0.25, 0.3) is 0 Å². The summed E-state index contributed by atoms with van der Waals surface area (Å²) < 4.78 is 32.4. The molecule has 2 aromatic heterocycles. The first-order chi connectivity index (χ1) is 11.5. The Kier molecular flexibility index (Phi) is 5.07. The largest absolute Gasteiger partial charge is 0.464 e. The zero-order chi connectivity index (χ0) is 17.2. The van der Waals surface area contributed by atoms with E-state index in [-0.39, 0.29) is 10.8 Å². The van der Waals surface area contributed by atoms with Crippen molar-refractivity contribution in [3.63, 3.8) is 0 Å². The summed E-state index contributed by atoms with van der Waals surface area (Å²) in [7, 11) is -3.68. The average Bonchev–Trinajstić information content (AvgIpc) is 3.24. The second kappa shape index (κ2) is 7.08. The maximum atomic E-state index is 12.1. The van der Waals surface area contributed by atoms with Crippen molar-refractivity contribution in [2.24, 2.45) is 0 Å². The molecule has 2 N–H and O–H groups in total. The zero-order valence-electron chi connectivity index (χ0n) is 12.3. The third kappa shape index (κ3) is 3.88. The van der Waals surface area contributed by atoms with E-state index in [1.165, 1.54) is 12.1 Å². The first-order valence-corrected chi connectivity index (χ1v) is 9.70. The molecule has 0 saturated heterocycles. The number of hydrogen-bond donors (Lipinski definition) is 2. The van der Waals surface area contributed by atoms with Crippen molar-refractivity contribution in [1.29, 1.82) is 0 Å². The van der Waals surface area contributed by atoms with Crippen LogP contribution in [0.3, 0.4) is 0 Å². The number of nitrogens with one attached hydrogen (secondary N) is 1. The van der Waals surface area contributed by atoms with Crippen molar-refractivity contribution in [1.82, 2.24) is 4.72 Å². The van der Waals surface area contributed by atoms with Crippen LogP contribution in [0.4, 0.5) is 0 Å². The standard InChI is InChI=1S/C16H14ClNO4S2/c17-15-7-8-16(23-15)24(20,21)18-10-13(19)11-3-5-12(6-4-11)14-2-1-9-22-14/h1-9,13,18-19H,10H2. The number of aliphatic hydroxyl groups excluding tert-OH is 1. The maximum absolute atomic E-state index is 12.1. The minimum Gasteiger partial charge on any atom is -0.464 e. The summed E-state index contributed by atoms with van der Waals surface area (Å²) >= 11 is 6.72. The van der Waals surface area contributed by atoms with Gasteiger partial charge in [-0.25, -0.2) is 13.1 Å². The van der Waals surface area contributed by atoms with E-state index < -0.39 is 16.1 Å². The minimum atomic E-state index is -3.68. The van der Waals surface area contributed by atoms with Gasteiger partial charge in [0.05, 0.1) is 16.7 Å². The van der Waals surface area contributed by atoms with Gasteiger partial charge in [0.15, 0.2) is 0 Å². The molecule has 3 rings (SSSR count). The predicted molar refractivity (Wildman–Crippen MR) is 93.6 cm³/mol. The molecule has 5 nitrogen and oxygen atoms in total. The van der Waals surface area contributed by atoms with Crippen LogP contribution in [0, 0.1) is 0 Å². The number of benzene rings is 1. The van der Waals surface area contributed by atoms with Gasteiger partial charge in [0, 0.05) is 12.1 Å². The summed E-state index contributed by atoms with van der Waals surface area (Å²) in [5.74, 6) is 0.728. The van der Waals surface area contributed by atoms with Crippen molar-refractivity contribution in [2.45, 2.75) is 10.3 Å². The molecule has 0 radical (unpaired) electrons. The van der Waals surface area contributed by atoms with Crippen LogP contribution in [0.5, 0.6) is 0 Å². The van der Waals surface area contributed by atoms with E-state index in [2.05, 4.69) is 4.72 Å². The Labute approximate surface area is 148 Å². The van der Waals surface area contributed by atoms with Crippen LogP contribution >= 0.6 is 22.9 Å². The first-order valence-electron chi connectivity index (χ1n) is 7.02. The van der Waals surface area contributed by atoms with Gasteiger partial charge >= 0.3 is 0 Å². The summed E-state index contributed by atoms with van der Waals surface area (Å²) in [6.07, 6.45) is 0.629. The van der Waals surface area contributed by atoms with E-state index >= 15 is 0 Å². The molecule has 0 amide bonds. The van der Waals surface area contributed by atoms with E-state index in [4.69, 9.17) is 16.0 Å². The van der Waals surface area contributed by atoms with Crippen LogP contribution in [0.1, 0.15) is 11.7 Å². The number of thiophene rings is 1. The topological polar surface area (TPSA) is 79.5 Å². The molecule has 1 atom stereocenters. The lowest BCUT2D eigenvalue weighted by Crippen LogP contribution is -2.28. The summed E-state index contributed by atoms with van der Waals surface area (Å²) in [5, 5.41) is 10.2. The van der Waals surface area contributed by atoms with Crippen molar-refractivity contribution in [2.75, 3.05) is 6.54 Å². The van der Waals surface area contributed by atoms with Crippen molar-refractivity contribution >= 4 is 33.0 Å². The zero-order valence-corrected chi connectivity index (χ0v) is 14.7. The highest BCUT2D eigenvalue weighted by molar-refractivity contribution is 7.91. The Morgan fingerprint density at radius 1 is 1.17 bits per heavy atom. The Bertz CT molecular complexity index is 902. The van der Waals surface area contributed by atoms with Gasteiger partial charge in [-0.1, -0.05) is 35.9 Å². The molecule has 3 aromatic rings. The highest BCUT2D eigenvalue weighted by atomic mass is 35.5. The smallest absolute Gasteiger partial charge is 0.250 e. The molecule has 0 aliphatic heterocycles. The number of hydrogen-bond acceptors (Lipinski definition) is 5. The summed E-state index contributed by atoms with van der Waals surface area (Å²) in [6.45, 7) is -0.127. The molecule has 0 bridgehead atoms. The fourth-order valence-corrected chi connectivity index (χ4v) is 4.70. The Morgan fingerprint density at radius 2 is 1.92 bits per heavy atom. The van der Waals surface area contributed by atoms with Gasteiger partial charge in [-0.3, -0.25) is 0 Å². The number of sulfonamides is 1. The summed E-state index contributed by atoms with van der Waals surface area (Å²) in [5.41, 5.74) is 1.49. The van der Waals surface area contributed by atoms with Gasteiger partial charge in [0.2, 0.25) is 10.0 Å². The normalized spacial score (nSPS) is 13.1. The van der Waals surface area contributed by atoms with Crippen molar-refractivity contribution < 1.29 is 17.9 Å². The molecule has 0 spiro atoms. The van der Waals surface area contributed by atoms with E-state index in [0.29, 0.717) is 9.90 Å².